The highest BCUT2D eigenvalue weighted by Gasteiger charge is 2.43. The molecule has 3 aromatic rings. The second kappa shape index (κ2) is 9.97. The lowest BCUT2D eigenvalue weighted by molar-refractivity contribution is -0.142. The Labute approximate surface area is 218 Å². The van der Waals surface area contributed by atoms with E-state index >= 15 is 0 Å². The third-order valence-corrected chi connectivity index (χ3v) is 8.44. The molecule has 2 fully saturated rings. The van der Waals surface area contributed by atoms with E-state index in [1.54, 1.807) is 0 Å². The van der Waals surface area contributed by atoms with Crippen molar-refractivity contribution in [2.45, 2.75) is 78.4 Å². The minimum absolute atomic E-state index is 0.0132. The normalized spacial score (nSPS) is 21.6. The van der Waals surface area contributed by atoms with Crippen LogP contribution in [0.5, 0.6) is 5.75 Å². The molecule has 1 aliphatic carbocycles. The Hall–Kier alpha value is -3.12. The molecule has 1 amide bonds. The van der Waals surface area contributed by atoms with Crippen LogP contribution in [0.15, 0.2) is 39.5 Å². The van der Waals surface area contributed by atoms with E-state index in [9.17, 15) is 14.7 Å². The van der Waals surface area contributed by atoms with Crippen LogP contribution >= 0.6 is 0 Å². The van der Waals surface area contributed by atoms with Gasteiger partial charge in [-0.2, -0.15) is 0 Å². The molecule has 1 saturated heterocycles. The van der Waals surface area contributed by atoms with E-state index in [4.69, 9.17) is 9.15 Å². The molecule has 2 heterocycles. The van der Waals surface area contributed by atoms with Crippen LogP contribution in [-0.2, 0) is 17.8 Å². The molecule has 1 saturated carbocycles. The van der Waals surface area contributed by atoms with Gasteiger partial charge in [-0.15, -0.1) is 0 Å². The predicted molar refractivity (Wildman–Crippen MR) is 144 cm³/mol. The van der Waals surface area contributed by atoms with Crippen LogP contribution in [0.1, 0.15) is 65.5 Å². The summed E-state index contributed by atoms with van der Waals surface area (Å²) < 4.78 is 11.9. The molecule has 0 bridgehead atoms. The fourth-order valence-corrected chi connectivity index (χ4v) is 6.31. The smallest absolute Gasteiger partial charge is 0.340 e. The SMILES string of the molecule is Cc1cc(C)cc(COc2ccc3c(C)c(CC(=O)N4CC[C@@]5(O)CCCC[C@H]5C4)c(=O)oc3c2C)c1. The molecular weight excluding hydrogens is 466 g/mol. The average Bonchev–Trinajstić information content (AvgIpc) is 2.85. The Morgan fingerprint density at radius 3 is 2.59 bits per heavy atom. The second-order valence-electron chi connectivity index (χ2n) is 11.2. The lowest BCUT2D eigenvalue weighted by atomic mass is 9.71. The quantitative estimate of drug-likeness (QED) is 0.478. The number of carbonyl (C=O) groups is 1. The van der Waals surface area contributed by atoms with Gasteiger partial charge in [0, 0.05) is 30.0 Å². The van der Waals surface area contributed by atoms with E-state index in [0.29, 0.717) is 43.0 Å². The number of aryl methyl sites for hydroxylation is 4. The highest BCUT2D eigenvalue weighted by molar-refractivity contribution is 5.87. The molecule has 1 aliphatic heterocycles. The number of nitrogens with zero attached hydrogens (tertiary/aromatic N) is 1. The molecule has 6 heteroatoms. The van der Waals surface area contributed by atoms with Crippen LogP contribution in [0.25, 0.3) is 11.0 Å². The number of piperidine rings is 1. The van der Waals surface area contributed by atoms with E-state index in [1.807, 2.05) is 30.9 Å². The molecule has 1 N–H and O–H groups in total. The van der Waals surface area contributed by atoms with Crippen LogP contribution in [0.2, 0.25) is 0 Å². The van der Waals surface area contributed by atoms with Gasteiger partial charge in [-0.25, -0.2) is 4.79 Å². The lowest BCUT2D eigenvalue weighted by Crippen LogP contribution is -2.55. The summed E-state index contributed by atoms with van der Waals surface area (Å²) in [6, 6.07) is 10.2. The molecule has 0 unspecified atom stereocenters. The predicted octanol–water partition coefficient (Wildman–Crippen LogP) is 5.30. The summed E-state index contributed by atoms with van der Waals surface area (Å²) in [6.07, 6.45) is 4.54. The van der Waals surface area contributed by atoms with Gasteiger partial charge in [-0.1, -0.05) is 42.2 Å². The molecule has 2 aromatic carbocycles. The largest absolute Gasteiger partial charge is 0.488 e. The monoisotopic (exact) mass is 503 g/mol. The second-order valence-corrected chi connectivity index (χ2v) is 11.2. The summed E-state index contributed by atoms with van der Waals surface area (Å²) in [4.78, 5) is 28.1. The van der Waals surface area contributed by atoms with Gasteiger partial charge < -0.3 is 19.2 Å². The Morgan fingerprint density at radius 1 is 1.08 bits per heavy atom. The van der Waals surface area contributed by atoms with Crippen molar-refractivity contribution < 1.29 is 19.1 Å². The number of rotatable bonds is 5. The highest BCUT2D eigenvalue weighted by atomic mass is 16.5. The molecule has 196 valence electrons. The standard InChI is InChI=1S/C31H37NO5/c1-19-13-20(2)15-23(14-19)18-36-27-9-8-25-21(3)26(30(34)37-29(25)22(27)4)16-28(33)32-12-11-31(35)10-6-5-7-24(31)17-32/h8-9,13-15,24,35H,5-7,10-12,16-18H2,1-4H3/t24-,31-/m0/s1. The number of hydrogen-bond acceptors (Lipinski definition) is 5. The maximum absolute atomic E-state index is 13.2. The zero-order chi connectivity index (χ0) is 26.3. The van der Waals surface area contributed by atoms with Crippen molar-refractivity contribution in [3.8, 4) is 5.75 Å². The van der Waals surface area contributed by atoms with E-state index in [2.05, 4.69) is 32.0 Å². The fourth-order valence-electron chi connectivity index (χ4n) is 6.31. The number of amides is 1. The molecular formula is C31H37NO5. The molecule has 6 nitrogen and oxygen atoms in total. The summed E-state index contributed by atoms with van der Waals surface area (Å²) in [5.41, 5.74) is 4.82. The molecule has 0 radical (unpaired) electrons. The molecule has 2 aliphatic rings. The first-order valence-electron chi connectivity index (χ1n) is 13.4. The summed E-state index contributed by atoms with van der Waals surface area (Å²) in [7, 11) is 0. The average molecular weight is 504 g/mol. The van der Waals surface area contributed by atoms with Crippen molar-refractivity contribution in [2.24, 2.45) is 5.92 Å². The Kier molecular flexibility index (Phi) is 6.88. The van der Waals surface area contributed by atoms with Gasteiger partial charge in [-0.05, 0) is 70.2 Å². The van der Waals surface area contributed by atoms with Crippen molar-refractivity contribution in [2.75, 3.05) is 13.1 Å². The van der Waals surface area contributed by atoms with Crippen LogP contribution < -0.4 is 10.4 Å². The van der Waals surface area contributed by atoms with E-state index < -0.39 is 11.2 Å². The maximum atomic E-state index is 13.2. The Balaban J connectivity index is 1.35. The van der Waals surface area contributed by atoms with Gasteiger partial charge in [-0.3, -0.25) is 4.79 Å². The fraction of sp³-hybridized carbons (Fsp3) is 0.484. The van der Waals surface area contributed by atoms with Gasteiger partial charge in [0.2, 0.25) is 5.91 Å². The summed E-state index contributed by atoms with van der Waals surface area (Å²) in [5.74, 6) is 0.719. The van der Waals surface area contributed by atoms with Crippen LogP contribution in [0.4, 0.5) is 0 Å². The number of aliphatic hydroxyl groups is 1. The van der Waals surface area contributed by atoms with E-state index in [0.717, 1.165) is 47.8 Å². The van der Waals surface area contributed by atoms with Crippen molar-refractivity contribution >= 4 is 16.9 Å². The highest BCUT2D eigenvalue weighted by Crippen LogP contribution is 2.40. The van der Waals surface area contributed by atoms with Gasteiger partial charge in [0.15, 0.2) is 0 Å². The van der Waals surface area contributed by atoms with Gasteiger partial charge in [0.1, 0.15) is 17.9 Å². The number of carbonyl (C=O) groups excluding carboxylic acids is 1. The number of likely N-dealkylation sites (tertiary alicyclic amines) is 1. The molecule has 5 rings (SSSR count). The minimum Gasteiger partial charge on any atom is -0.488 e. The number of hydrogen-bond donors (Lipinski definition) is 1. The summed E-state index contributed by atoms with van der Waals surface area (Å²) >= 11 is 0. The molecule has 37 heavy (non-hydrogen) atoms. The third-order valence-electron chi connectivity index (χ3n) is 8.44. The summed E-state index contributed by atoms with van der Waals surface area (Å²) in [5, 5.41) is 11.8. The topological polar surface area (TPSA) is 80.0 Å². The van der Waals surface area contributed by atoms with Crippen LogP contribution in [0, 0.1) is 33.6 Å². The third kappa shape index (κ3) is 5.04. The van der Waals surface area contributed by atoms with Gasteiger partial charge in [0.25, 0.3) is 0 Å². The van der Waals surface area contributed by atoms with Crippen molar-refractivity contribution in [1.82, 2.24) is 4.90 Å². The summed E-state index contributed by atoms with van der Waals surface area (Å²) in [6.45, 7) is 9.43. The first kappa shape index (κ1) is 25.5. The molecule has 0 spiro atoms. The van der Waals surface area contributed by atoms with E-state index in [1.165, 1.54) is 11.1 Å². The minimum atomic E-state index is -0.637. The van der Waals surface area contributed by atoms with Crippen molar-refractivity contribution in [3.05, 3.63) is 74.1 Å². The molecule has 1 aromatic heterocycles. The first-order valence-corrected chi connectivity index (χ1v) is 13.4. The van der Waals surface area contributed by atoms with Gasteiger partial charge >= 0.3 is 5.63 Å². The van der Waals surface area contributed by atoms with Crippen molar-refractivity contribution in [3.63, 3.8) is 0 Å². The maximum Gasteiger partial charge on any atom is 0.340 e. The van der Waals surface area contributed by atoms with Crippen LogP contribution in [0.3, 0.4) is 0 Å². The van der Waals surface area contributed by atoms with E-state index in [-0.39, 0.29) is 18.2 Å². The number of fused-ring (bicyclic) bond motifs is 2. The Bertz CT molecular complexity index is 1390. The van der Waals surface area contributed by atoms with Gasteiger partial charge in [0.05, 0.1) is 17.6 Å². The number of ether oxygens (including phenoxy) is 1. The first-order chi connectivity index (χ1) is 17.6. The molecule has 2 atom stereocenters. The Morgan fingerprint density at radius 2 is 1.84 bits per heavy atom. The zero-order valence-corrected chi connectivity index (χ0v) is 22.4. The number of benzene rings is 2. The lowest BCUT2D eigenvalue weighted by Gasteiger charge is -2.47. The van der Waals surface area contributed by atoms with Crippen molar-refractivity contribution in [1.29, 1.82) is 0 Å². The zero-order valence-electron chi connectivity index (χ0n) is 22.4. The van der Waals surface area contributed by atoms with Crippen LogP contribution in [-0.4, -0.2) is 34.6 Å².